The van der Waals surface area contributed by atoms with Crippen LogP contribution in [0.15, 0.2) is 40.5 Å². The first-order valence-electron chi connectivity index (χ1n) is 7.92. The SMILES string of the molecule is CCC1=C(C(=O)OCCC#N)C(c2ccc([N+](=O)[O-])cc2)N=C(OC)N1. The molecule has 9 heteroatoms. The van der Waals surface area contributed by atoms with Gasteiger partial charge in [-0.25, -0.2) is 9.79 Å². The van der Waals surface area contributed by atoms with Crippen LogP contribution in [-0.4, -0.2) is 30.6 Å². The minimum Gasteiger partial charge on any atom is -0.468 e. The number of non-ortho nitro benzene ring substituents is 1. The molecule has 0 bridgehead atoms. The van der Waals surface area contributed by atoms with Crippen molar-refractivity contribution in [1.29, 1.82) is 5.26 Å². The number of benzene rings is 1. The van der Waals surface area contributed by atoms with E-state index in [4.69, 9.17) is 14.7 Å². The number of esters is 1. The van der Waals surface area contributed by atoms with Crippen LogP contribution >= 0.6 is 0 Å². The van der Waals surface area contributed by atoms with E-state index in [1.807, 2.05) is 13.0 Å². The summed E-state index contributed by atoms with van der Waals surface area (Å²) in [5, 5.41) is 22.4. The van der Waals surface area contributed by atoms with Crippen molar-refractivity contribution < 1.29 is 19.2 Å². The van der Waals surface area contributed by atoms with E-state index in [1.54, 1.807) is 12.1 Å². The molecule has 0 aromatic heterocycles. The van der Waals surface area contributed by atoms with Crippen molar-refractivity contribution in [2.45, 2.75) is 25.8 Å². The van der Waals surface area contributed by atoms with E-state index in [1.165, 1.54) is 19.2 Å². The van der Waals surface area contributed by atoms with Gasteiger partial charge in [0.1, 0.15) is 12.6 Å². The highest BCUT2D eigenvalue weighted by atomic mass is 16.6. The Morgan fingerprint density at radius 2 is 2.12 bits per heavy atom. The summed E-state index contributed by atoms with van der Waals surface area (Å²) >= 11 is 0. The van der Waals surface area contributed by atoms with Crippen LogP contribution in [0, 0.1) is 21.4 Å². The Morgan fingerprint density at radius 1 is 1.42 bits per heavy atom. The van der Waals surface area contributed by atoms with Gasteiger partial charge in [0.15, 0.2) is 0 Å². The number of methoxy groups -OCH3 is 1. The fourth-order valence-electron chi connectivity index (χ4n) is 2.48. The monoisotopic (exact) mass is 358 g/mol. The van der Waals surface area contributed by atoms with Gasteiger partial charge in [-0.1, -0.05) is 6.92 Å². The number of nitriles is 1. The van der Waals surface area contributed by atoms with E-state index in [-0.39, 0.29) is 24.7 Å². The van der Waals surface area contributed by atoms with Crippen LogP contribution < -0.4 is 5.32 Å². The molecule has 1 aliphatic heterocycles. The highest BCUT2D eigenvalue weighted by Crippen LogP contribution is 2.33. The second-order valence-corrected chi connectivity index (χ2v) is 5.30. The molecule has 26 heavy (non-hydrogen) atoms. The van der Waals surface area contributed by atoms with Gasteiger partial charge in [-0.15, -0.1) is 0 Å². The van der Waals surface area contributed by atoms with Gasteiger partial charge in [0.25, 0.3) is 11.7 Å². The molecule has 2 rings (SSSR count). The van der Waals surface area contributed by atoms with Crippen molar-refractivity contribution in [3.8, 4) is 6.07 Å². The molecule has 1 N–H and O–H groups in total. The molecule has 0 saturated carbocycles. The van der Waals surface area contributed by atoms with Crippen LogP contribution in [0.25, 0.3) is 0 Å². The topological polar surface area (TPSA) is 127 Å². The van der Waals surface area contributed by atoms with Gasteiger partial charge >= 0.3 is 5.97 Å². The van der Waals surface area contributed by atoms with Crippen molar-refractivity contribution in [2.24, 2.45) is 4.99 Å². The highest BCUT2D eigenvalue weighted by molar-refractivity contribution is 5.94. The first kappa shape index (κ1) is 18.9. The zero-order chi connectivity index (χ0) is 19.1. The van der Waals surface area contributed by atoms with E-state index in [2.05, 4.69) is 10.3 Å². The van der Waals surface area contributed by atoms with Gasteiger partial charge in [-0.05, 0) is 24.1 Å². The zero-order valence-corrected chi connectivity index (χ0v) is 14.4. The number of nitro benzene ring substituents is 1. The molecule has 1 unspecified atom stereocenters. The fraction of sp³-hybridized carbons (Fsp3) is 0.353. The Hall–Kier alpha value is -3.41. The molecule has 0 spiro atoms. The lowest BCUT2D eigenvalue weighted by Crippen LogP contribution is -2.34. The Bertz CT molecular complexity index is 792. The molecule has 1 atom stereocenters. The lowest BCUT2D eigenvalue weighted by Gasteiger charge is -2.26. The third-order valence-electron chi connectivity index (χ3n) is 3.74. The summed E-state index contributed by atoms with van der Waals surface area (Å²) in [7, 11) is 1.45. The molecule has 0 amide bonds. The quantitative estimate of drug-likeness (QED) is 0.358. The first-order chi connectivity index (χ1) is 12.5. The third-order valence-corrected chi connectivity index (χ3v) is 3.74. The summed E-state index contributed by atoms with van der Waals surface area (Å²) in [6.07, 6.45) is 0.581. The number of ether oxygens (including phenoxy) is 2. The maximum atomic E-state index is 12.5. The standard InChI is InChI=1S/C17H18N4O5/c1-3-13-14(16(22)26-10-4-9-18)15(20-17(19-13)25-2)11-5-7-12(8-6-11)21(23)24/h5-8,15H,3-4,10H2,1-2H3,(H,19,20). The maximum Gasteiger partial charge on any atom is 0.338 e. The molecule has 0 radical (unpaired) electrons. The molecule has 0 saturated heterocycles. The van der Waals surface area contributed by atoms with Crippen LogP contribution in [0.1, 0.15) is 31.4 Å². The fourth-order valence-corrected chi connectivity index (χ4v) is 2.48. The van der Waals surface area contributed by atoms with Gasteiger partial charge in [-0.3, -0.25) is 10.1 Å². The van der Waals surface area contributed by atoms with E-state index in [9.17, 15) is 14.9 Å². The van der Waals surface area contributed by atoms with E-state index in [0.29, 0.717) is 23.3 Å². The summed E-state index contributed by atoms with van der Waals surface area (Å²) in [6.45, 7) is 1.83. The molecular weight excluding hydrogens is 340 g/mol. The molecule has 9 nitrogen and oxygen atoms in total. The number of carbonyl (C=O) groups excluding carboxylic acids is 1. The largest absolute Gasteiger partial charge is 0.468 e. The molecule has 1 aliphatic rings. The van der Waals surface area contributed by atoms with Crippen molar-refractivity contribution in [1.82, 2.24) is 5.32 Å². The van der Waals surface area contributed by atoms with Gasteiger partial charge in [-0.2, -0.15) is 5.26 Å². The van der Waals surface area contributed by atoms with E-state index >= 15 is 0 Å². The van der Waals surface area contributed by atoms with Crippen molar-refractivity contribution in [2.75, 3.05) is 13.7 Å². The minimum absolute atomic E-state index is 0.0241. The molecule has 1 aromatic carbocycles. The number of nitro groups is 1. The Balaban J connectivity index is 2.42. The number of amidine groups is 1. The molecule has 1 heterocycles. The molecule has 136 valence electrons. The Kier molecular flexibility index (Phi) is 6.27. The number of carbonyl (C=O) groups is 1. The number of rotatable bonds is 6. The number of nitrogens with one attached hydrogen (secondary N) is 1. The Morgan fingerprint density at radius 3 is 2.65 bits per heavy atom. The minimum atomic E-state index is -0.725. The van der Waals surface area contributed by atoms with Gasteiger partial charge < -0.3 is 14.8 Å². The van der Waals surface area contributed by atoms with E-state index in [0.717, 1.165) is 0 Å². The number of aliphatic imine (C=N–C) groups is 1. The van der Waals surface area contributed by atoms with Crippen LogP contribution in [0.4, 0.5) is 5.69 Å². The van der Waals surface area contributed by atoms with E-state index < -0.39 is 16.9 Å². The van der Waals surface area contributed by atoms with Crippen LogP contribution in [0.5, 0.6) is 0 Å². The van der Waals surface area contributed by atoms with Crippen molar-refractivity contribution in [3.05, 3.63) is 51.2 Å². The van der Waals surface area contributed by atoms with Crippen LogP contribution in [0.3, 0.4) is 0 Å². The van der Waals surface area contributed by atoms with Crippen molar-refractivity contribution >= 4 is 17.7 Å². The molecular formula is C17H18N4O5. The second kappa shape index (κ2) is 8.62. The van der Waals surface area contributed by atoms with Crippen LogP contribution in [0.2, 0.25) is 0 Å². The summed E-state index contributed by atoms with van der Waals surface area (Å²) < 4.78 is 10.3. The molecule has 0 aliphatic carbocycles. The lowest BCUT2D eigenvalue weighted by atomic mass is 9.95. The zero-order valence-electron chi connectivity index (χ0n) is 14.4. The second-order valence-electron chi connectivity index (χ2n) is 5.30. The van der Waals surface area contributed by atoms with Crippen molar-refractivity contribution in [3.63, 3.8) is 0 Å². The summed E-state index contributed by atoms with van der Waals surface area (Å²) in [5.41, 5.74) is 1.41. The number of hydrogen-bond donors (Lipinski definition) is 1. The number of allylic oxidation sites excluding steroid dienone is 1. The van der Waals surface area contributed by atoms with Gasteiger partial charge in [0.05, 0.1) is 30.1 Å². The Labute approximate surface area is 150 Å². The number of hydrogen-bond acceptors (Lipinski definition) is 8. The average molecular weight is 358 g/mol. The third kappa shape index (κ3) is 4.16. The molecule has 1 aromatic rings. The van der Waals surface area contributed by atoms with Gasteiger partial charge in [0.2, 0.25) is 0 Å². The predicted molar refractivity (Wildman–Crippen MR) is 91.9 cm³/mol. The maximum absolute atomic E-state index is 12.5. The summed E-state index contributed by atoms with van der Waals surface area (Å²) in [6, 6.07) is 7.20. The average Bonchev–Trinajstić information content (AvgIpc) is 2.66. The first-order valence-corrected chi connectivity index (χ1v) is 7.92. The van der Waals surface area contributed by atoms with Crippen LogP contribution in [-0.2, 0) is 14.3 Å². The smallest absolute Gasteiger partial charge is 0.338 e. The van der Waals surface area contributed by atoms with Gasteiger partial charge in [0, 0.05) is 17.8 Å². The highest BCUT2D eigenvalue weighted by Gasteiger charge is 2.32. The molecule has 0 fully saturated rings. The number of nitrogens with zero attached hydrogens (tertiary/aromatic N) is 3. The summed E-state index contributed by atoms with van der Waals surface area (Å²) in [5.74, 6) is -0.591. The normalized spacial score (nSPS) is 16.2. The summed E-state index contributed by atoms with van der Waals surface area (Å²) in [4.78, 5) is 27.3. The predicted octanol–water partition coefficient (Wildman–Crippen LogP) is 2.36. The lowest BCUT2D eigenvalue weighted by molar-refractivity contribution is -0.384.